The van der Waals surface area contributed by atoms with E-state index in [-0.39, 0.29) is 5.75 Å². The molecule has 1 saturated heterocycles. The first-order valence-corrected chi connectivity index (χ1v) is 6.52. The van der Waals surface area contributed by atoms with Crippen molar-refractivity contribution in [2.75, 3.05) is 12.3 Å². The van der Waals surface area contributed by atoms with Crippen molar-refractivity contribution in [3.8, 4) is 0 Å². The fraction of sp³-hybridized carbons (Fsp3) is 0.545. The van der Waals surface area contributed by atoms with Crippen molar-refractivity contribution in [3.63, 3.8) is 0 Å². The van der Waals surface area contributed by atoms with Gasteiger partial charge >= 0.3 is 6.18 Å². The van der Waals surface area contributed by atoms with Crippen LogP contribution in [0.3, 0.4) is 0 Å². The molecule has 1 amide bonds. The van der Waals surface area contributed by atoms with Gasteiger partial charge in [0, 0.05) is 6.42 Å². The lowest BCUT2D eigenvalue weighted by Gasteiger charge is -2.23. The molecule has 7 heteroatoms. The molecule has 1 unspecified atom stereocenters. The van der Waals surface area contributed by atoms with Crippen molar-refractivity contribution >= 4 is 17.7 Å². The quantitative estimate of drug-likeness (QED) is 0.853. The van der Waals surface area contributed by atoms with Gasteiger partial charge in [0.2, 0.25) is 5.91 Å². The van der Waals surface area contributed by atoms with Crippen LogP contribution in [0.4, 0.5) is 13.2 Å². The average molecular weight is 279 g/mol. The van der Waals surface area contributed by atoms with E-state index in [9.17, 15) is 18.0 Å². The number of furan rings is 1. The number of rotatable bonds is 3. The number of amides is 1. The topological polar surface area (TPSA) is 33.5 Å². The first kappa shape index (κ1) is 13.3. The standard InChI is InChI=1S/C11H12F3NO2S/c1-2-7-3-4-8(17-7)10-15(6-11(12,13)14)9(16)5-18-10/h3-4,10H,2,5-6H2,1H3. The molecule has 0 spiro atoms. The van der Waals surface area contributed by atoms with E-state index in [0.717, 1.165) is 16.7 Å². The van der Waals surface area contributed by atoms with E-state index in [1.807, 2.05) is 6.92 Å². The molecule has 1 atom stereocenters. The van der Waals surface area contributed by atoms with E-state index in [2.05, 4.69) is 0 Å². The molecule has 0 saturated carbocycles. The Morgan fingerprint density at radius 3 is 2.78 bits per heavy atom. The molecular formula is C11H12F3NO2S. The van der Waals surface area contributed by atoms with E-state index in [4.69, 9.17) is 4.42 Å². The van der Waals surface area contributed by atoms with Crippen LogP contribution in [0.2, 0.25) is 0 Å². The summed E-state index contributed by atoms with van der Waals surface area (Å²) in [5.41, 5.74) is 0. The van der Waals surface area contributed by atoms with Crippen LogP contribution in [0.25, 0.3) is 0 Å². The highest BCUT2D eigenvalue weighted by Crippen LogP contribution is 2.40. The highest BCUT2D eigenvalue weighted by Gasteiger charge is 2.42. The highest BCUT2D eigenvalue weighted by molar-refractivity contribution is 8.00. The van der Waals surface area contributed by atoms with Crippen molar-refractivity contribution < 1.29 is 22.4 Å². The average Bonchev–Trinajstić information content (AvgIpc) is 2.85. The van der Waals surface area contributed by atoms with Crippen LogP contribution in [-0.4, -0.2) is 29.3 Å². The van der Waals surface area contributed by atoms with E-state index < -0.39 is 24.0 Å². The lowest BCUT2D eigenvalue weighted by Crippen LogP contribution is -2.36. The van der Waals surface area contributed by atoms with Crippen LogP contribution in [0.15, 0.2) is 16.5 Å². The van der Waals surface area contributed by atoms with Gasteiger partial charge in [0.25, 0.3) is 0 Å². The first-order valence-electron chi connectivity index (χ1n) is 5.47. The number of hydrogen-bond acceptors (Lipinski definition) is 3. The van der Waals surface area contributed by atoms with Crippen LogP contribution >= 0.6 is 11.8 Å². The largest absolute Gasteiger partial charge is 0.463 e. The van der Waals surface area contributed by atoms with Crippen LogP contribution < -0.4 is 0 Å². The van der Waals surface area contributed by atoms with Gasteiger partial charge in [0.15, 0.2) is 0 Å². The molecule has 18 heavy (non-hydrogen) atoms. The molecule has 0 aliphatic carbocycles. The Bertz CT molecular complexity index is 444. The van der Waals surface area contributed by atoms with Crippen LogP contribution in [0.1, 0.15) is 23.8 Å². The molecule has 1 aromatic rings. The molecule has 0 radical (unpaired) electrons. The Balaban J connectivity index is 2.18. The number of thioether (sulfide) groups is 1. The highest BCUT2D eigenvalue weighted by atomic mass is 32.2. The fourth-order valence-electron chi connectivity index (χ4n) is 1.77. The molecule has 0 N–H and O–H groups in total. The van der Waals surface area contributed by atoms with Crippen molar-refractivity contribution in [1.29, 1.82) is 0 Å². The fourth-order valence-corrected chi connectivity index (χ4v) is 2.90. The Kier molecular flexibility index (Phi) is 3.61. The molecule has 1 aliphatic rings. The van der Waals surface area contributed by atoms with Gasteiger partial charge in [-0.15, -0.1) is 11.8 Å². The third kappa shape index (κ3) is 2.82. The van der Waals surface area contributed by atoms with Crippen molar-refractivity contribution in [2.24, 2.45) is 0 Å². The summed E-state index contributed by atoms with van der Waals surface area (Å²) < 4.78 is 42.7. The molecule has 100 valence electrons. The minimum absolute atomic E-state index is 0.0584. The zero-order valence-electron chi connectivity index (χ0n) is 9.66. The second-order valence-electron chi connectivity index (χ2n) is 3.96. The maximum Gasteiger partial charge on any atom is 0.406 e. The summed E-state index contributed by atoms with van der Waals surface area (Å²) in [5.74, 6) is 0.670. The van der Waals surface area contributed by atoms with Gasteiger partial charge in [-0.3, -0.25) is 4.79 Å². The summed E-state index contributed by atoms with van der Waals surface area (Å²) in [6, 6.07) is 3.36. The molecule has 2 rings (SSSR count). The zero-order valence-corrected chi connectivity index (χ0v) is 10.5. The summed E-state index contributed by atoms with van der Waals surface area (Å²) in [6.07, 6.45) is -3.72. The SMILES string of the molecule is CCc1ccc(C2SCC(=O)N2CC(F)(F)F)o1. The smallest absolute Gasteiger partial charge is 0.406 e. The normalized spacial score (nSPS) is 20.8. The van der Waals surface area contributed by atoms with E-state index >= 15 is 0 Å². The van der Waals surface area contributed by atoms with Crippen molar-refractivity contribution in [1.82, 2.24) is 4.90 Å². The number of nitrogens with zero attached hydrogens (tertiary/aromatic N) is 1. The number of carbonyl (C=O) groups excluding carboxylic acids is 1. The third-order valence-electron chi connectivity index (χ3n) is 2.59. The van der Waals surface area contributed by atoms with Crippen LogP contribution in [0.5, 0.6) is 0 Å². The number of aryl methyl sites for hydroxylation is 1. The third-order valence-corrected chi connectivity index (χ3v) is 3.81. The molecule has 0 bridgehead atoms. The summed E-state index contributed by atoms with van der Waals surface area (Å²) in [7, 11) is 0. The first-order chi connectivity index (χ1) is 8.40. The van der Waals surface area contributed by atoms with Gasteiger partial charge in [-0.1, -0.05) is 6.92 Å². The molecule has 3 nitrogen and oxygen atoms in total. The van der Waals surface area contributed by atoms with Crippen LogP contribution in [-0.2, 0) is 11.2 Å². The van der Waals surface area contributed by atoms with Gasteiger partial charge in [0.05, 0.1) is 5.75 Å². The van der Waals surface area contributed by atoms with E-state index in [1.165, 1.54) is 0 Å². The summed E-state index contributed by atoms with van der Waals surface area (Å²) in [5, 5.41) is -0.667. The minimum Gasteiger partial charge on any atom is -0.463 e. The van der Waals surface area contributed by atoms with Crippen molar-refractivity contribution in [2.45, 2.75) is 24.9 Å². The summed E-state index contributed by atoms with van der Waals surface area (Å²) in [4.78, 5) is 12.3. The Morgan fingerprint density at radius 1 is 1.50 bits per heavy atom. The van der Waals surface area contributed by atoms with Gasteiger partial charge in [-0.2, -0.15) is 13.2 Å². The van der Waals surface area contributed by atoms with Crippen molar-refractivity contribution in [3.05, 3.63) is 23.7 Å². The van der Waals surface area contributed by atoms with Gasteiger partial charge in [-0.25, -0.2) is 0 Å². The Labute approximate surface area is 106 Å². The van der Waals surface area contributed by atoms with Gasteiger partial charge in [-0.05, 0) is 12.1 Å². The molecular weight excluding hydrogens is 267 g/mol. The van der Waals surface area contributed by atoms with E-state index in [1.54, 1.807) is 12.1 Å². The molecule has 1 aliphatic heterocycles. The second-order valence-corrected chi connectivity index (χ2v) is 5.03. The summed E-state index contributed by atoms with van der Waals surface area (Å²) >= 11 is 1.16. The molecule has 0 aromatic carbocycles. The predicted molar refractivity (Wildman–Crippen MR) is 61.1 cm³/mol. The minimum atomic E-state index is -4.39. The monoisotopic (exact) mass is 279 g/mol. The van der Waals surface area contributed by atoms with Crippen LogP contribution in [0, 0.1) is 0 Å². The van der Waals surface area contributed by atoms with Gasteiger partial charge < -0.3 is 9.32 Å². The second kappa shape index (κ2) is 4.87. The number of hydrogen-bond donors (Lipinski definition) is 0. The lowest BCUT2D eigenvalue weighted by molar-refractivity contribution is -0.160. The number of carbonyl (C=O) groups is 1. The van der Waals surface area contributed by atoms with E-state index in [0.29, 0.717) is 17.9 Å². The Hall–Kier alpha value is -1.11. The number of halogens is 3. The molecule has 2 heterocycles. The van der Waals surface area contributed by atoms with Gasteiger partial charge in [0.1, 0.15) is 23.4 Å². The number of alkyl halides is 3. The maximum absolute atomic E-state index is 12.4. The predicted octanol–water partition coefficient (Wildman–Crippen LogP) is 2.98. The zero-order chi connectivity index (χ0) is 13.3. The Morgan fingerprint density at radius 2 is 2.22 bits per heavy atom. The molecule has 1 aromatic heterocycles. The summed E-state index contributed by atoms with van der Waals surface area (Å²) in [6.45, 7) is 0.661. The lowest BCUT2D eigenvalue weighted by atomic mass is 10.3. The molecule has 1 fully saturated rings. The maximum atomic E-state index is 12.4.